The molecule has 0 aliphatic carbocycles. The number of aromatic nitrogens is 1. The van der Waals surface area contributed by atoms with E-state index < -0.39 is 17.2 Å². The molecule has 0 fully saturated rings. The van der Waals surface area contributed by atoms with Crippen LogP contribution in [0.4, 0.5) is 0 Å². The first-order valence-corrected chi connectivity index (χ1v) is 7.33. The summed E-state index contributed by atoms with van der Waals surface area (Å²) < 4.78 is 4.69. The fourth-order valence-corrected chi connectivity index (χ4v) is 2.91. The van der Waals surface area contributed by atoms with Gasteiger partial charge in [-0.25, -0.2) is 4.79 Å². The monoisotopic (exact) mass is 313 g/mol. The van der Waals surface area contributed by atoms with Crippen LogP contribution in [0, 0.1) is 0 Å². The van der Waals surface area contributed by atoms with Gasteiger partial charge in [0.25, 0.3) is 0 Å². The van der Waals surface area contributed by atoms with Crippen LogP contribution in [0.2, 0.25) is 0 Å². The van der Waals surface area contributed by atoms with Gasteiger partial charge in [0, 0.05) is 10.9 Å². The summed E-state index contributed by atoms with van der Waals surface area (Å²) in [6.07, 6.45) is 0. The first-order chi connectivity index (χ1) is 10.6. The van der Waals surface area contributed by atoms with Gasteiger partial charge >= 0.3 is 5.97 Å². The minimum Gasteiger partial charge on any atom is -0.464 e. The lowest BCUT2D eigenvalue weighted by Crippen LogP contribution is -2.23. The molecule has 0 saturated heterocycles. The molecule has 0 aliphatic heterocycles. The zero-order valence-electron chi connectivity index (χ0n) is 11.6. The van der Waals surface area contributed by atoms with Crippen molar-refractivity contribution in [3.05, 3.63) is 68.1 Å². The molecule has 3 aromatic rings. The van der Waals surface area contributed by atoms with E-state index in [0.717, 1.165) is 0 Å². The van der Waals surface area contributed by atoms with Gasteiger partial charge in [-0.3, -0.25) is 9.59 Å². The average Bonchev–Trinajstić information content (AvgIpc) is 3.08. The quantitative estimate of drug-likeness (QED) is 0.595. The molecule has 3 rings (SSSR count). The number of rotatable bonds is 3. The molecule has 0 unspecified atom stereocenters. The lowest BCUT2D eigenvalue weighted by atomic mass is 10.0. The maximum atomic E-state index is 12.7. The number of nitrogens with one attached hydrogen (secondary N) is 1. The summed E-state index contributed by atoms with van der Waals surface area (Å²) >= 11 is 1.21. The summed E-state index contributed by atoms with van der Waals surface area (Å²) in [4.78, 5) is 40.5. The fraction of sp³-hybridized carbons (Fsp3) is 0.0625. The van der Waals surface area contributed by atoms with E-state index in [-0.39, 0.29) is 11.3 Å². The Morgan fingerprint density at radius 1 is 1.14 bits per heavy atom. The number of esters is 1. The normalized spacial score (nSPS) is 10.6. The Hall–Kier alpha value is -2.73. The highest BCUT2D eigenvalue weighted by atomic mass is 32.1. The van der Waals surface area contributed by atoms with Crippen molar-refractivity contribution in [2.45, 2.75) is 0 Å². The number of benzene rings is 1. The molecule has 0 spiro atoms. The number of hydrogen-bond acceptors (Lipinski definition) is 5. The number of carbonyl (C=O) groups is 2. The maximum Gasteiger partial charge on any atom is 0.355 e. The Balaban J connectivity index is 2.35. The summed E-state index contributed by atoms with van der Waals surface area (Å²) in [7, 11) is 1.20. The van der Waals surface area contributed by atoms with Crippen LogP contribution >= 0.6 is 11.3 Å². The van der Waals surface area contributed by atoms with Crippen molar-refractivity contribution in [3.8, 4) is 0 Å². The first kappa shape index (κ1) is 14.2. The lowest BCUT2D eigenvalue weighted by Gasteiger charge is -2.08. The van der Waals surface area contributed by atoms with Crippen molar-refractivity contribution in [2.75, 3.05) is 7.11 Å². The predicted molar refractivity (Wildman–Crippen MR) is 83.7 cm³/mol. The van der Waals surface area contributed by atoms with E-state index in [2.05, 4.69) is 4.98 Å². The Bertz CT molecular complexity index is 925. The van der Waals surface area contributed by atoms with Crippen LogP contribution in [0.3, 0.4) is 0 Å². The number of ether oxygens (including phenoxy) is 1. The van der Waals surface area contributed by atoms with Crippen molar-refractivity contribution in [2.24, 2.45) is 0 Å². The highest BCUT2D eigenvalue weighted by molar-refractivity contribution is 7.12. The van der Waals surface area contributed by atoms with E-state index in [9.17, 15) is 14.4 Å². The number of methoxy groups -OCH3 is 1. The zero-order valence-corrected chi connectivity index (χ0v) is 12.4. The maximum absolute atomic E-state index is 12.7. The molecular formula is C16H11NO4S. The summed E-state index contributed by atoms with van der Waals surface area (Å²) in [6, 6.07) is 10.0. The summed E-state index contributed by atoms with van der Waals surface area (Å²) in [6.45, 7) is 0. The molecular weight excluding hydrogens is 302 g/mol. The Morgan fingerprint density at radius 2 is 1.91 bits per heavy atom. The second-order valence-corrected chi connectivity index (χ2v) is 5.50. The number of para-hydroxylation sites is 1. The third-order valence-corrected chi connectivity index (χ3v) is 4.14. The minimum atomic E-state index is -0.747. The second-order valence-electron chi connectivity index (χ2n) is 4.55. The van der Waals surface area contributed by atoms with Crippen LogP contribution in [0.1, 0.15) is 25.7 Å². The van der Waals surface area contributed by atoms with Crippen molar-refractivity contribution in [1.29, 1.82) is 0 Å². The van der Waals surface area contributed by atoms with Crippen molar-refractivity contribution in [1.82, 2.24) is 4.98 Å². The van der Waals surface area contributed by atoms with E-state index in [1.807, 2.05) is 0 Å². The van der Waals surface area contributed by atoms with Crippen LogP contribution in [-0.2, 0) is 4.74 Å². The summed E-state index contributed by atoms with van der Waals surface area (Å²) in [5, 5.41) is 2.09. The van der Waals surface area contributed by atoms with E-state index >= 15 is 0 Å². The topological polar surface area (TPSA) is 76.2 Å². The molecule has 1 aromatic carbocycles. The second kappa shape index (κ2) is 5.57. The number of ketones is 1. The fourth-order valence-electron chi connectivity index (χ4n) is 2.24. The van der Waals surface area contributed by atoms with Gasteiger partial charge in [-0.1, -0.05) is 18.2 Å². The standard InChI is InChI=1S/C16H11NO4S/c1-21-16(20)13-12(15(19)11-7-4-8-22-11)14(18)9-5-2-3-6-10(9)17-13/h2-8H,1H3,(H,17,18). The largest absolute Gasteiger partial charge is 0.464 e. The number of carbonyl (C=O) groups excluding carboxylic acids is 2. The number of pyridine rings is 1. The van der Waals surface area contributed by atoms with Crippen molar-refractivity contribution >= 4 is 34.0 Å². The number of hydrogen-bond donors (Lipinski definition) is 1. The van der Waals surface area contributed by atoms with Gasteiger partial charge in [0.2, 0.25) is 11.2 Å². The minimum absolute atomic E-state index is 0.121. The number of fused-ring (bicyclic) bond motifs is 1. The Morgan fingerprint density at radius 3 is 2.59 bits per heavy atom. The van der Waals surface area contributed by atoms with E-state index in [1.165, 1.54) is 18.4 Å². The molecule has 2 heterocycles. The van der Waals surface area contributed by atoms with E-state index in [4.69, 9.17) is 4.74 Å². The van der Waals surface area contributed by atoms with Crippen LogP contribution in [-0.4, -0.2) is 23.8 Å². The van der Waals surface area contributed by atoms with Crippen LogP contribution < -0.4 is 5.43 Å². The highest BCUT2D eigenvalue weighted by Gasteiger charge is 2.25. The Labute approximate surface area is 129 Å². The van der Waals surface area contributed by atoms with Gasteiger partial charge in [0.05, 0.1) is 12.0 Å². The molecule has 22 heavy (non-hydrogen) atoms. The van der Waals surface area contributed by atoms with Gasteiger partial charge in [-0.2, -0.15) is 0 Å². The molecule has 0 bridgehead atoms. The smallest absolute Gasteiger partial charge is 0.355 e. The highest BCUT2D eigenvalue weighted by Crippen LogP contribution is 2.18. The molecule has 1 N–H and O–H groups in total. The first-order valence-electron chi connectivity index (χ1n) is 6.45. The van der Waals surface area contributed by atoms with Gasteiger partial charge in [0.1, 0.15) is 11.3 Å². The molecule has 2 aromatic heterocycles. The van der Waals surface area contributed by atoms with Gasteiger partial charge in [-0.15, -0.1) is 11.3 Å². The third-order valence-electron chi connectivity index (χ3n) is 3.27. The molecule has 0 atom stereocenters. The third kappa shape index (κ3) is 2.23. The number of aromatic amines is 1. The van der Waals surface area contributed by atoms with E-state index in [0.29, 0.717) is 15.8 Å². The molecule has 6 heteroatoms. The average molecular weight is 313 g/mol. The molecule has 110 valence electrons. The SMILES string of the molecule is COC(=O)c1[nH]c2ccccc2c(=O)c1C(=O)c1cccs1. The van der Waals surface area contributed by atoms with Crippen molar-refractivity contribution in [3.63, 3.8) is 0 Å². The summed E-state index contributed by atoms with van der Waals surface area (Å²) in [5.74, 6) is -1.23. The summed E-state index contributed by atoms with van der Waals surface area (Å²) in [5.41, 5.74) is -0.304. The molecule has 0 saturated carbocycles. The lowest BCUT2D eigenvalue weighted by molar-refractivity contribution is 0.0591. The van der Waals surface area contributed by atoms with Crippen LogP contribution in [0.25, 0.3) is 10.9 Å². The number of thiophene rings is 1. The van der Waals surface area contributed by atoms with E-state index in [1.54, 1.807) is 41.8 Å². The van der Waals surface area contributed by atoms with Gasteiger partial charge in [-0.05, 0) is 23.6 Å². The van der Waals surface area contributed by atoms with Crippen molar-refractivity contribution < 1.29 is 14.3 Å². The Kier molecular flexibility index (Phi) is 3.60. The molecule has 0 aliphatic rings. The molecule has 0 radical (unpaired) electrons. The predicted octanol–water partition coefficient (Wildman–Crippen LogP) is 2.61. The molecule has 5 nitrogen and oxygen atoms in total. The zero-order chi connectivity index (χ0) is 15.7. The van der Waals surface area contributed by atoms with Crippen LogP contribution in [0.5, 0.6) is 0 Å². The molecule has 0 amide bonds. The van der Waals surface area contributed by atoms with Gasteiger partial charge in [0.15, 0.2) is 0 Å². The van der Waals surface area contributed by atoms with Crippen LogP contribution in [0.15, 0.2) is 46.6 Å². The number of H-pyrrole nitrogens is 1. The van der Waals surface area contributed by atoms with Gasteiger partial charge < -0.3 is 9.72 Å².